The van der Waals surface area contributed by atoms with Gasteiger partial charge in [0.25, 0.3) is 5.91 Å². The molecule has 3 unspecified atom stereocenters. The molecule has 0 aliphatic heterocycles. The summed E-state index contributed by atoms with van der Waals surface area (Å²) in [5.74, 6) is 1.86. The van der Waals surface area contributed by atoms with Crippen molar-refractivity contribution in [1.29, 1.82) is 0 Å². The van der Waals surface area contributed by atoms with Gasteiger partial charge >= 0.3 is 0 Å². The Bertz CT molecular complexity index is 416. The van der Waals surface area contributed by atoms with Crippen LogP contribution < -0.4 is 5.32 Å². The molecule has 1 saturated carbocycles. The number of hydrogen-bond donors (Lipinski definition) is 1. The van der Waals surface area contributed by atoms with Gasteiger partial charge in [-0.25, -0.2) is 0 Å². The number of rotatable bonds is 3. The van der Waals surface area contributed by atoms with Crippen molar-refractivity contribution < 1.29 is 4.79 Å². The summed E-state index contributed by atoms with van der Waals surface area (Å²) < 4.78 is 0. The lowest BCUT2D eigenvalue weighted by molar-refractivity contribution is 0.0863. The highest BCUT2D eigenvalue weighted by Crippen LogP contribution is 2.33. The molecule has 1 aromatic heterocycles. The quantitative estimate of drug-likeness (QED) is 0.906. The minimum absolute atomic E-state index is 0.0367. The second kappa shape index (κ2) is 6.18. The number of pyridine rings is 1. The molecule has 3 atom stereocenters. The highest BCUT2D eigenvalue weighted by Gasteiger charge is 2.31. The van der Waals surface area contributed by atoms with E-state index in [4.69, 9.17) is 0 Å². The Kier molecular flexibility index (Phi) is 4.56. The van der Waals surface area contributed by atoms with Crippen molar-refractivity contribution in [2.24, 2.45) is 17.8 Å². The Morgan fingerprint density at radius 3 is 2.79 bits per heavy atom. The smallest absolute Gasteiger partial charge is 0.270 e. The summed E-state index contributed by atoms with van der Waals surface area (Å²) in [6, 6.07) is 5.74. The van der Waals surface area contributed by atoms with Crippen LogP contribution in [0.5, 0.6) is 0 Å². The largest absolute Gasteiger partial charge is 0.348 e. The third-order valence-electron chi connectivity index (χ3n) is 4.24. The normalized spacial score (nSPS) is 27.3. The number of carbonyl (C=O) groups is 1. The third kappa shape index (κ3) is 3.55. The summed E-state index contributed by atoms with van der Waals surface area (Å²) in [6.07, 6.45) is 5.24. The summed E-state index contributed by atoms with van der Waals surface area (Å²) in [6.45, 7) is 6.78. The molecular formula is C16H24N2O. The second-order valence-electron chi connectivity index (χ2n) is 6.12. The monoisotopic (exact) mass is 260 g/mol. The first-order chi connectivity index (χ1) is 9.08. The van der Waals surface area contributed by atoms with Crippen LogP contribution in [0.15, 0.2) is 24.4 Å². The topological polar surface area (TPSA) is 42.0 Å². The van der Waals surface area contributed by atoms with E-state index < -0.39 is 0 Å². The molecule has 1 amide bonds. The molecule has 1 aliphatic carbocycles. The summed E-state index contributed by atoms with van der Waals surface area (Å²) in [5.41, 5.74) is 0.517. The first-order valence-corrected chi connectivity index (χ1v) is 7.29. The van der Waals surface area contributed by atoms with Gasteiger partial charge in [0.15, 0.2) is 0 Å². The maximum absolute atomic E-state index is 12.2. The average molecular weight is 260 g/mol. The predicted octanol–water partition coefficient (Wildman–Crippen LogP) is 3.27. The van der Waals surface area contributed by atoms with E-state index in [0.29, 0.717) is 29.5 Å². The number of nitrogens with one attached hydrogen (secondary N) is 1. The summed E-state index contributed by atoms with van der Waals surface area (Å²) in [4.78, 5) is 16.3. The van der Waals surface area contributed by atoms with Gasteiger partial charge in [-0.3, -0.25) is 9.78 Å². The van der Waals surface area contributed by atoms with Gasteiger partial charge in [0.2, 0.25) is 0 Å². The number of nitrogens with zero attached hydrogens (tertiary/aromatic N) is 1. The first kappa shape index (κ1) is 14.0. The van der Waals surface area contributed by atoms with Gasteiger partial charge in [-0.1, -0.05) is 33.3 Å². The zero-order valence-electron chi connectivity index (χ0n) is 12.1. The Hall–Kier alpha value is -1.38. The van der Waals surface area contributed by atoms with Gasteiger partial charge < -0.3 is 5.32 Å². The van der Waals surface area contributed by atoms with Crippen LogP contribution in [-0.2, 0) is 0 Å². The molecule has 1 aromatic rings. The van der Waals surface area contributed by atoms with Crippen LogP contribution in [0.1, 0.15) is 50.5 Å². The fraction of sp³-hybridized carbons (Fsp3) is 0.625. The molecule has 0 spiro atoms. The molecular weight excluding hydrogens is 236 g/mol. The van der Waals surface area contributed by atoms with E-state index in [2.05, 4.69) is 31.1 Å². The van der Waals surface area contributed by atoms with Crippen LogP contribution in [0.3, 0.4) is 0 Å². The zero-order valence-corrected chi connectivity index (χ0v) is 12.1. The van der Waals surface area contributed by atoms with Crippen molar-refractivity contribution in [1.82, 2.24) is 10.3 Å². The van der Waals surface area contributed by atoms with Gasteiger partial charge in [0, 0.05) is 12.2 Å². The fourth-order valence-corrected chi connectivity index (χ4v) is 3.11. The second-order valence-corrected chi connectivity index (χ2v) is 6.12. The standard InChI is InChI=1S/C16H24N2O/c1-11(2)13-8-7-12(3)10-15(13)18-16(19)14-6-4-5-9-17-14/h4-6,9,11-13,15H,7-8,10H2,1-3H3,(H,18,19). The predicted molar refractivity (Wildman–Crippen MR) is 76.8 cm³/mol. The lowest BCUT2D eigenvalue weighted by Crippen LogP contribution is -2.45. The Morgan fingerprint density at radius 1 is 1.37 bits per heavy atom. The van der Waals surface area contributed by atoms with Gasteiger partial charge in [-0.2, -0.15) is 0 Å². The van der Waals surface area contributed by atoms with Crippen LogP contribution in [0.2, 0.25) is 0 Å². The van der Waals surface area contributed by atoms with E-state index in [-0.39, 0.29) is 5.91 Å². The minimum atomic E-state index is -0.0367. The molecule has 104 valence electrons. The van der Waals surface area contributed by atoms with Gasteiger partial charge in [0.05, 0.1) is 0 Å². The van der Waals surface area contributed by atoms with Crippen molar-refractivity contribution in [3.05, 3.63) is 30.1 Å². The van der Waals surface area contributed by atoms with Crippen molar-refractivity contribution in [3.8, 4) is 0 Å². The summed E-state index contributed by atoms with van der Waals surface area (Å²) >= 11 is 0. The fourth-order valence-electron chi connectivity index (χ4n) is 3.11. The molecule has 1 aliphatic rings. The Morgan fingerprint density at radius 2 is 2.16 bits per heavy atom. The van der Waals surface area contributed by atoms with Gasteiger partial charge in [-0.05, 0) is 42.7 Å². The van der Waals surface area contributed by atoms with E-state index in [1.807, 2.05) is 12.1 Å². The molecule has 1 heterocycles. The molecule has 0 aromatic carbocycles. The molecule has 1 fully saturated rings. The lowest BCUT2D eigenvalue weighted by atomic mass is 9.74. The van der Waals surface area contributed by atoms with E-state index in [9.17, 15) is 4.79 Å². The van der Waals surface area contributed by atoms with Crippen LogP contribution >= 0.6 is 0 Å². The maximum atomic E-state index is 12.2. The van der Waals surface area contributed by atoms with Crippen molar-refractivity contribution >= 4 is 5.91 Å². The molecule has 19 heavy (non-hydrogen) atoms. The van der Waals surface area contributed by atoms with Crippen LogP contribution in [-0.4, -0.2) is 16.9 Å². The van der Waals surface area contributed by atoms with E-state index in [1.54, 1.807) is 12.3 Å². The van der Waals surface area contributed by atoms with Crippen molar-refractivity contribution in [3.63, 3.8) is 0 Å². The molecule has 0 saturated heterocycles. The molecule has 1 N–H and O–H groups in total. The number of hydrogen-bond acceptors (Lipinski definition) is 2. The molecule has 2 rings (SSSR count). The number of amides is 1. The number of aromatic nitrogens is 1. The third-order valence-corrected chi connectivity index (χ3v) is 4.24. The van der Waals surface area contributed by atoms with E-state index >= 15 is 0 Å². The molecule has 3 heteroatoms. The van der Waals surface area contributed by atoms with Crippen LogP contribution in [0.4, 0.5) is 0 Å². The first-order valence-electron chi connectivity index (χ1n) is 7.29. The number of carbonyl (C=O) groups excluding carboxylic acids is 1. The average Bonchev–Trinajstić information content (AvgIpc) is 2.39. The van der Waals surface area contributed by atoms with E-state index in [0.717, 1.165) is 6.42 Å². The Labute approximate surface area is 115 Å². The Balaban J connectivity index is 2.04. The van der Waals surface area contributed by atoms with Crippen molar-refractivity contribution in [2.75, 3.05) is 0 Å². The molecule has 0 bridgehead atoms. The van der Waals surface area contributed by atoms with Crippen LogP contribution in [0, 0.1) is 17.8 Å². The highest BCUT2D eigenvalue weighted by atomic mass is 16.1. The van der Waals surface area contributed by atoms with Gasteiger partial charge in [0.1, 0.15) is 5.69 Å². The van der Waals surface area contributed by atoms with Crippen molar-refractivity contribution in [2.45, 2.75) is 46.1 Å². The van der Waals surface area contributed by atoms with Crippen LogP contribution in [0.25, 0.3) is 0 Å². The lowest BCUT2D eigenvalue weighted by Gasteiger charge is -2.37. The minimum Gasteiger partial charge on any atom is -0.348 e. The SMILES string of the molecule is CC1CCC(C(C)C)C(NC(=O)c2ccccn2)C1. The molecule has 3 nitrogen and oxygen atoms in total. The summed E-state index contributed by atoms with van der Waals surface area (Å²) in [7, 11) is 0. The molecule has 0 radical (unpaired) electrons. The zero-order chi connectivity index (χ0) is 13.8. The maximum Gasteiger partial charge on any atom is 0.270 e. The summed E-state index contributed by atoms with van der Waals surface area (Å²) in [5, 5.41) is 3.20. The van der Waals surface area contributed by atoms with Gasteiger partial charge in [-0.15, -0.1) is 0 Å². The van der Waals surface area contributed by atoms with E-state index in [1.165, 1.54) is 12.8 Å². The highest BCUT2D eigenvalue weighted by molar-refractivity contribution is 5.92.